The molecule has 1 amide bonds. The minimum Gasteiger partial charge on any atom is -0.381 e. The molecule has 1 unspecified atom stereocenters. The van der Waals surface area contributed by atoms with Crippen LogP contribution in [0.4, 0.5) is 5.69 Å². The smallest absolute Gasteiger partial charge is 0.221 e. The number of hydrogen-bond donors (Lipinski definition) is 3. The van der Waals surface area contributed by atoms with Crippen molar-refractivity contribution in [1.82, 2.24) is 10.3 Å². The van der Waals surface area contributed by atoms with Crippen molar-refractivity contribution in [2.75, 3.05) is 31.3 Å². The fraction of sp³-hybridized carbons (Fsp3) is 0.474. The molecule has 1 fully saturated rings. The summed E-state index contributed by atoms with van der Waals surface area (Å²) in [5.41, 5.74) is 3.28. The van der Waals surface area contributed by atoms with Crippen molar-refractivity contribution in [3.05, 3.63) is 30.0 Å². The van der Waals surface area contributed by atoms with Crippen LogP contribution in [0.5, 0.6) is 0 Å². The molecule has 0 radical (unpaired) electrons. The van der Waals surface area contributed by atoms with Crippen molar-refractivity contribution in [2.45, 2.75) is 31.3 Å². The third kappa shape index (κ3) is 3.73. The summed E-state index contributed by atoms with van der Waals surface area (Å²) in [5.74, 6) is 0.894. The van der Waals surface area contributed by atoms with E-state index in [0.29, 0.717) is 12.5 Å². The summed E-state index contributed by atoms with van der Waals surface area (Å²) in [4.78, 5) is 19.8. The Balaban J connectivity index is 1.55. The van der Waals surface area contributed by atoms with Gasteiger partial charge in [-0.25, -0.2) is 0 Å². The molecule has 0 spiro atoms. The summed E-state index contributed by atoms with van der Waals surface area (Å²) in [5, 5.41) is 8.50. The fourth-order valence-electron chi connectivity index (χ4n) is 3.44. The number of aromatic amines is 1. The zero-order chi connectivity index (χ0) is 17.9. The number of hydrogen-bond acceptors (Lipinski definition) is 5. The number of carbonyl (C=O) groups excluding carboxylic acids is 1. The Bertz CT molecular complexity index is 826. The molecular weight excluding hydrogens is 348 g/mol. The van der Waals surface area contributed by atoms with Crippen LogP contribution in [0.1, 0.15) is 25.0 Å². The van der Waals surface area contributed by atoms with E-state index in [0.717, 1.165) is 53.7 Å². The number of ether oxygens (including phenoxy) is 1. The highest BCUT2D eigenvalue weighted by Crippen LogP contribution is 2.30. The van der Waals surface area contributed by atoms with Gasteiger partial charge in [-0.15, -0.1) is 11.8 Å². The zero-order valence-electron chi connectivity index (χ0n) is 14.9. The number of aliphatic imine (C=N–C) groups is 1. The monoisotopic (exact) mass is 372 g/mol. The molecule has 2 aromatic rings. The minimum absolute atomic E-state index is 0.0418. The number of nitrogens with zero attached hydrogens (tertiary/aromatic N) is 1. The summed E-state index contributed by atoms with van der Waals surface area (Å²) >= 11 is 1.71. The number of amides is 1. The van der Waals surface area contributed by atoms with Crippen LogP contribution in [0.25, 0.3) is 10.9 Å². The van der Waals surface area contributed by atoms with Crippen molar-refractivity contribution >= 4 is 39.3 Å². The highest BCUT2D eigenvalue weighted by atomic mass is 32.2. The zero-order valence-corrected chi connectivity index (χ0v) is 15.7. The molecule has 1 saturated heterocycles. The van der Waals surface area contributed by atoms with Crippen molar-refractivity contribution < 1.29 is 9.53 Å². The maximum Gasteiger partial charge on any atom is 0.221 e. The molecule has 3 heterocycles. The van der Waals surface area contributed by atoms with Crippen molar-refractivity contribution in [1.29, 1.82) is 0 Å². The quantitative estimate of drug-likeness (QED) is 0.754. The maximum atomic E-state index is 11.6. The minimum atomic E-state index is 0.0418. The van der Waals surface area contributed by atoms with Gasteiger partial charge < -0.3 is 20.4 Å². The SMILES string of the molecule is CNC(=O)CC1CSC(c2cc3cccc(NC4CCOCC4)c3[nH]2)=N1. The lowest BCUT2D eigenvalue weighted by atomic mass is 10.1. The van der Waals surface area contributed by atoms with Gasteiger partial charge in [0, 0.05) is 43.9 Å². The summed E-state index contributed by atoms with van der Waals surface area (Å²) in [6.45, 7) is 1.65. The van der Waals surface area contributed by atoms with E-state index in [-0.39, 0.29) is 11.9 Å². The number of benzene rings is 1. The number of nitrogens with one attached hydrogen (secondary N) is 3. The predicted octanol–water partition coefficient (Wildman–Crippen LogP) is 2.76. The van der Waals surface area contributed by atoms with Gasteiger partial charge in [-0.2, -0.15) is 0 Å². The molecular formula is C19H24N4O2S. The highest BCUT2D eigenvalue weighted by molar-refractivity contribution is 8.14. The molecule has 6 nitrogen and oxygen atoms in total. The second kappa shape index (κ2) is 7.72. The van der Waals surface area contributed by atoms with Gasteiger partial charge in [-0.3, -0.25) is 9.79 Å². The van der Waals surface area contributed by atoms with Crippen LogP contribution in [-0.4, -0.2) is 54.0 Å². The molecule has 7 heteroatoms. The Morgan fingerprint density at radius 2 is 2.23 bits per heavy atom. The van der Waals surface area contributed by atoms with Crippen LogP contribution in [0.3, 0.4) is 0 Å². The Kier molecular flexibility index (Phi) is 5.17. The van der Waals surface area contributed by atoms with Crippen molar-refractivity contribution in [3.8, 4) is 0 Å². The lowest BCUT2D eigenvalue weighted by Crippen LogP contribution is -2.27. The van der Waals surface area contributed by atoms with E-state index < -0.39 is 0 Å². The molecule has 0 aliphatic carbocycles. The Morgan fingerprint density at radius 3 is 3.04 bits per heavy atom. The fourth-order valence-corrected chi connectivity index (χ4v) is 4.47. The summed E-state index contributed by atoms with van der Waals surface area (Å²) in [6, 6.07) is 8.98. The molecule has 1 aromatic carbocycles. The first-order chi connectivity index (χ1) is 12.7. The van der Waals surface area contributed by atoms with Crippen LogP contribution >= 0.6 is 11.8 Å². The normalized spacial score (nSPS) is 21.0. The van der Waals surface area contributed by atoms with Gasteiger partial charge in [0.15, 0.2) is 0 Å². The van der Waals surface area contributed by atoms with Crippen LogP contribution in [0.2, 0.25) is 0 Å². The topological polar surface area (TPSA) is 78.5 Å². The summed E-state index contributed by atoms with van der Waals surface area (Å²) in [6.07, 6.45) is 2.52. The van der Waals surface area contributed by atoms with Gasteiger partial charge in [0.25, 0.3) is 0 Å². The number of H-pyrrole nitrogens is 1. The number of fused-ring (bicyclic) bond motifs is 1. The van der Waals surface area contributed by atoms with Gasteiger partial charge in [-0.1, -0.05) is 12.1 Å². The molecule has 138 valence electrons. The number of para-hydroxylation sites is 1. The third-order valence-electron chi connectivity index (χ3n) is 4.88. The maximum absolute atomic E-state index is 11.6. The van der Waals surface area contributed by atoms with Gasteiger partial charge in [-0.05, 0) is 25.0 Å². The molecule has 26 heavy (non-hydrogen) atoms. The van der Waals surface area contributed by atoms with Gasteiger partial charge in [0.1, 0.15) is 5.04 Å². The van der Waals surface area contributed by atoms with E-state index in [1.165, 1.54) is 5.39 Å². The Morgan fingerprint density at radius 1 is 1.38 bits per heavy atom. The second-order valence-corrected chi connectivity index (χ2v) is 7.77. The molecule has 0 bridgehead atoms. The number of carbonyl (C=O) groups is 1. The molecule has 2 aliphatic heterocycles. The van der Waals surface area contributed by atoms with Crippen molar-refractivity contribution in [3.63, 3.8) is 0 Å². The molecule has 4 rings (SSSR count). The molecule has 1 aromatic heterocycles. The number of aromatic nitrogens is 1. The lowest BCUT2D eigenvalue weighted by molar-refractivity contribution is -0.120. The van der Waals surface area contributed by atoms with E-state index in [1.807, 2.05) is 0 Å². The van der Waals surface area contributed by atoms with Gasteiger partial charge >= 0.3 is 0 Å². The summed E-state index contributed by atoms with van der Waals surface area (Å²) < 4.78 is 5.45. The first kappa shape index (κ1) is 17.4. The van der Waals surface area contributed by atoms with E-state index in [1.54, 1.807) is 18.8 Å². The Labute approximate surface area is 157 Å². The van der Waals surface area contributed by atoms with Gasteiger partial charge in [0.2, 0.25) is 5.91 Å². The molecule has 0 saturated carbocycles. The predicted molar refractivity (Wildman–Crippen MR) is 107 cm³/mol. The number of thioether (sulfide) groups is 1. The van der Waals surface area contributed by atoms with Crippen LogP contribution in [-0.2, 0) is 9.53 Å². The number of rotatable bonds is 5. The van der Waals surface area contributed by atoms with Crippen LogP contribution in [0, 0.1) is 0 Å². The summed E-state index contributed by atoms with van der Waals surface area (Å²) in [7, 11) is 1.67. The van der Waals surface area contributed by atoms with E-state index >= 15 is 0 Å². The lowest BCUT2D eigenvalue weighted by Gasteiger charge is -2.24. The number of anilines is 1. The van der Waals surface area contributed by atoms with E-state index in [9.17, 15) is 4.79 Å². The van der Waals surface area contributed by atoms with Gasteiger partial charge in [0.05, 0.1) is 22.9 Å². The van der Waals surface area contributed by atoms with Crippen LogP contribution in [0.15, 0.2) is 29.3 Å². The molecule has 3 N–H and O–H groups in total. The largest absolute Gasteiger partial charge is 0.381 e. The van der Waals surface area contributed by atoms with Crippen molar-refractivity contribution in [2.24, 2.45) is 4.99 Å². The standard InChI is InChI=1S/C19H24N4O2S/c1-20-17(24)10-14-11-26-19(22-14)16-9-12-3-2-4-15(18(12)23-16)21-13-5-7-25-8-6-13/h2-4,9,13-14,21,23H,5-8,10-11H2,1H3,(H,20,24). The Hall–Kier alpha value is -1.99. The highest BCUT2D eigenvalue weighted by Gasteiger charge is 2.23. The molecule has 1 atom stereocenters. The van der Waals surface area contributed by atoms with E-state index in [4.69, 9.17) is 9.73 Å². The first-order valence-electron chi connectivity index (χ1n) is 9.10. The van der Waals surface area contributed by atoms with E-state index in [2.05, 4.69) is 39.9 Å². The average molecular weight is 372 g/mol. The molecule has 2 aliphatic rings. The third-order valence-corrected chi connectivity index (χ3v) is 6.03. The average Bonchev–Trinajstić information content (AvgIpc) is 3.29. The first-order valence-corrected chi connectivity index (χ1v) is 10.1. The van der Waals surface area contributed by atoms with Crippen LogP contribution < -0.4 is 10.6 Å². The second-order valence-electron chi connectivity index (χ2n) is 6.76.